The summed E-state index contributed by atoms with van der Waals surface area (Å²) < 4.78 is 20.4. The van der Waals surface area contributed by atoms with Crippen molar-refractivity contribution in [1.29, 1.82) is 0 Å². The molecule has 158 valence electrons. The molecule has 0 bridgehead atoms. The Morgan fingerprint density at radius 3 is 2.47 bits per heavy atom. The molecular weight excluding hydrogens is 405 g/mol. The van der Waals surface area contributed by atoms with Crippen LogP contribution in [0.4, 0.5) is 4.39 Å². The third-order valence-corrected chi connectivity index (χ3v) is 6.09. The highest BCUT2D eigenvalue weighted by Gasteiger charge is 2.27. The molecule has 2 aromatic heterocycles. The smallest absolute Gasteiger partial charge is 0.272 e. The summed E-state index contributed by atoms with van der Waals surface area (Å²) >= 11 is 1.45. The number of amides is 1. The Hall–Kier alpha value is -2.65. The molecule has 4 rings (SSSR count). The number of aromatic nitrogens is 3. The number of nitrogens with zero attached hydrogens (tertiary/aromatic N) is 5. The van der Waals surface area contributed by atoms with Crippen molar-refractivity contribution >= 4 is 17.7 Å². The fourth-order valence-electron chi connectivity index (χ4n) is 3.69. The van der Waals surface area contributed by atoms with Crippen LogP contribution in [0.25, 0.3) is 5.69 Å². The van der Waals surface area contributed by atoms with E-state index in [9.17, 15) is 9.18 Å². The maximum Gasteiger partial charge on any atom is 0.272 e. The van der Waals surface area contributed by atoms with Crippen LogP contribution in [0.3, 0.4) is 0 Å². The van der Waals surface area contributed by atoms with Crippen molar-refractivity contribution in [3.8, 4) is 5.69 Å². The van der Waals surface area contributed by atoms with Gasteiger partial charge in [-0.25, -0.2) is 9.37 Å². The summed E-state index contributed by atoms with van der Waals surface area (Å²) in [6, 6.07) is 6.10. The third-order valence-electron chi connectivity index (χ3n) is 5.44. The minimum atomic E-state index is -0.313. The third kappa shape index (κ3) is 3.99. The summed E-state index contributed by atoms with van der Waals surface area (Å²) in [5.74, 6) is 0.467. The van der Waals surface area contributed by atoms with Crippen LogP contribution >= 0.6 is 11.8 Å². The van der Waals surface area contributed by atoms with E-state index in [1.165, 1.54) is 23.9 Å². The average Bonchev–Trinajstić information content (AvgIpc) is 3.33. The van der Waals surface area contributed by atoms with E-state index in [1.807, 2.05) is 25.0 Å². The standard InChI is InChI=1S/C21H24FN5O2S/c1-14-18(15(2)29-24-14)13-25-8-10-26(11-9-25)20(28)19-12-23-21(30-3)27(19)17-6-4-16(22)5-7-17/h4-7,12H,8-11,13H2,1-3H3. The van der Waals surface area contributed by atoms with Crippen molar-refractivity contribution in [3.63, 3.8) is 0 Å². The zero-order chi connectivity index (χ0) is 21.3. The maximum absolute atomic E-state index is 13.4. The van der Waals surface area contributed by atoms with E-state index in [2.05, 4.69) is 15.0 Å². The molecule has 7 nitrogen and oxygen atoms in total. The molecule has 1 saturated heterocycles. The number of hydrogen-bond donors (Lipinski definition) is 0. The summed E-state index contributed by atoms with van der Waals surface area (Å²) in [5.41, 5.74) is 3.25. The molecule has 0 unspecified atom stereocenters. The number of carbonyl (C=O) groups is 1. The van der Waals surface area contributed by atoms with E-state index in [1.54, 1.807) is 22.9 Å². The van der Waals surface area contributed by atoms with Crippen LogP contribution in [-0.4, -0.2) is 62.8 Å². The Morgan fingerprint density at radius 1 is 1.17 bits per heavy atom. The SMILES string of the molecule is CSc1ncc(C(=O)N2CCN(Cc3c(C)noc3C)CC2)n1-c1ccc(F)cc1. The maximum atomic E-state index is 13.4. The highest BCUT2D eigenvalue weighted by molar-refractivity contribution is 7.98. The number of benzene rings is 1. The predicted molar refractivity (Wildman–Crippen MR) is 112 cm³/mol. The minimum Gasteiger partial charge on any atom is -0.361 e. The topological polar surface area (TPSA) is 67.4 Å². The molecule has 0 spiro atoms. The second-order valence-corrected chi connectivity index (χ2v) is 8.09. The van der Waals surface area contributed by atoms with Crippen molar-refractivity contribution in [1.82, 2.24) is 24.5 Å². The first-order chi connectivity index (χ1) is 14.5. The van der Waals surface area contributed by atoms with Crippen LogP contribution in [0, 0.1) is 19.7 Å². The van der Waals surface area contributed by atoms with E-state index in [0.717, 1.165) is 42.3 Å². The Balaban J connectivity index is 1.48. The van der Waals surface area contributed by atoms with Gasteiger partial charge in [-0.1, -0.05) is 16.9 Å². The van der Waals surface area contributed by atoms with Gasteiger partial charge in [0.15, 0.2) is 5.16 Å². The Morgan fingerprint density at radius 2 is 1.87 bits per heavy atom. The van der Waals surface area contributed by atoms with Crippen molar-refractivity contribution in [2.45, 2.75) is 25.5 Å². The lowest BCUT2D eigenvalue weighted by atomic mass is 10.1. The van der Waals surface area contributed by atoms with Gasteiger partial charge in [-0.3, -0.25) is 14.3 Å². The van der Waals surface area contributed by atoms with E-state index in [4.69, 9.17) is 4.52 Å². The van der Waals surface area contributed by atoms with E-state index >= 15 is 0 Å². The largest absolute Gasteiger partial charge is 0.361 e. The molecule has 0 saturated carbocycles. The van der Waals surface area contributed by atoms with Crippen LogP contribution in [0.15, 0.2) is 40.1 Å². The van der Waals surface area contributed by atoms with E-state index in [0.29, 0.717) is 23.9 Å². The molecule has 30 heavy (non-hydrogen) atoms. The van der Waals surface area contributed by atoms with Gasteiger partial charge in [-0.15, -0.1) is 0 Å². The van der Waals surface area contributed by atoms with Gasteiger partial charge in [0.2, 0.25) is 0 Å². The molecule has 0 radical (unpaired) electrons. The first kappa shape index (κ1) is 20.6. The number of carbonyl (C=O) groups excluding carboxylic acids is 1. The van der Waals surface area contributed by atoms with Crippen molar-refractivity contribution in [3.05, 3.63) is 59.0 Å². The van der Waals surface area contributed by atoms with Crippen molar-refractivity contribution in [2.24, 2.45) is 0 Å². The zero-order valence-corrected chi connectivity index (χ0v) is 18.1. The van der Waals surface area contributed by atoms with Crippen LogP contribution in [0.1, 0.15) is 27.5 Å². The molecule has 3 aromatic rings. The number of piperazine rings is 1. The Labute approximate surface area is 178 Å². The van der Waals surface area contributed by atoms with Crippen molar-refractivity contribution in [2.75, 3.05) is 32.4 Å². The summed E-state index contributed by atoms with van der Waals surface area (Å²) in [6.45, 7) is 7.45. The molecule has 1 aliphatic rings. The highest BCUT2D eigenvalue weighted by atomic mass is 32.2. The molecule has 9 heteroatoms. The number of imidazole rings is 1. The fraction of sp³-hybridized carbons (Fsp3) is 0.381. The summed E-state index contributed by atoms with van der Waals surface area (Å²) in [7, 11) is 0. The first-order valence-electron chi connectivity index (χ1n) is 9.79. The normalized spacial score (nSPS) is 15.0. The number of aryl methyl sites for hydroxylation is 2. The molecule has 0 atom stereocenters. The second-order valence-electron chi connectivity index (χ2n) is 7.31. The zero-order valence-electron chi connectivity index (χ0n) is 17.3. The highest BCUT2D eigenvalue weighted by Crippen LogP contribution is 2.24. The molecule has 3 heterocycles. The van der Waals surface area contributed by atoms with Crippen LogP contribution in [0.2, 0.25) is 0 Å². The molecule has 0 aliphatic carbocycles. The van der Waals surface area contributed by atoms with E-state index < -0.39 is 0 Å². The first-order valence-corrected chi connectivity index (χ1v) is 11.0. The monoisotopic (exact) mass is 429 g/mol. The predicted octanol–water partition coefficient (Wildman–Crippen LogP) is 3.30. The van der Waals surface area contributed by atoms with Crippen LogP contribution < -0.4 is 0 Å². The van der Waals surface area contributed by atoms with Gasteiger partial charge in [-0.05, 0) is 44.4 Å². The van der Waals surface area contributed by atoms with Gasteiger partial charge >= 0.3 is 0 Å². The molecule has 0 N–H and O–H groups in total. The number of halogens is 1. The summed E-state index contributed by atoms with van der Waals surface area (Å²) in [4.78, 5) is 21.8. The lowest BCUT2D eigenvalue weighted by molar-refractivity contribution is 0.0619. The summed E-state index contributed by atoms with van der Waals surface area (Å²) in [6.07, 6.45) is 3.51. The van der Waals surface area contributed by atoms with Gasteiger partial charge in [-0.2, -0.15) is 0 Å². The fourth-order valence-corrected chi connectivity index (χ4v) is 4.24. The molecule has 1 aliphatic heterocycles. The average molecular weight is 430 g/mol. The molecule has 1 amide bonds. The Kier molecular flexibility index (Phi) is 5.92. The molecule has 1 aromatic carbocycles. The van der Waals surface area contributed by atoms with Gasteiger partial charge in [0.1, 0.15) is 17.3 Å². The van der Waals surface area contributed by atoms with Crippen LogP contribution in [0.5, 0.6) is 0 Å². The van der Waals surface area contributed by atoms with Crippen molar-refractivity contribution < 1.29 is 13.7 Å². The lowest BCUT2D eigenvalue weighted by Crippen LogP contribution is -2.48. The molecular formula is C21H24FN5O2S. The number of rotatable bonds is 5. The number of hydrogen-bond acceptors (Lipinski definition) is 6. The van der Waals surface area contributed by atoms with E-state index in [-0.39, 0.29) is 11.7 Å². The van der Waals surface area contributed by atoms with Gasteiger partial charge in [0.05, 0.1) is 11.9 Å². The van der Waals surface area contributed by atoms with Crippen LogP contribution in [-0.2, 0) is 6.54 Å². The Bertz CT molecular complexity index is 1020. The quantitative estimate of drug-likeness (QED) is 0.580. The summed E-state index contributed by atoms with van der Waals surface area (Å²) in [5, 5.41) is 4.71. The minimum absolute atomic E-state index is 0.0656. The number of thioether (sulfide) groups is 1. The van der Waals surface area contributed by atoms with Gasteiger partial charge < -0.3 is 9.42 Å². The van der Waals surface area contributed by atoms with Gasteiger partial charge in [0, 0.05) is 44.0 Å². The lowest BCUT2D eigenvalue weighted by Gasteiger charge is -2.34. The second kappa shape index (κ2) is 8.61. The van der Waals surface area contributed by atoms with Gasteiger partial charge in [0.25, 0.3) is 5.91 Å². The molecule has 1 fully saturated rings.